The van der Waals surface area contributed by atoms with E-state index in [4.69, 9.17) is 0 Å². The molecule has 102 valence electrons. The van der Waals surface area contributed by atoms with E-state index in [1.165, 1.54) is 0 Å². The number of aromatic amines is 1. The van der Waals surface area contributed by atoms with Gasteiger partial charge in [0.15, 0.2) is 5.78 Å². The summed E-state index contributed by atoms with van der Waals surface area (Å²) in [6, 6.07) is 13.1. The Balaban J connectivity index is 2.24. The minimum absolute atomic E-state index is 0.0808. The number of hydrogen-bond donors (Lipinski definition) is 1. The van der Waals surface area contributed by atoms with Crippen LogP contribution in [0.5, 0.6) is 0 Å². The lowest BCUT2D eigenvalue weighted by molar-refractivity contribution is 0.103. The Morgan fingerprint density at radius 3 is 2.81 bits per heavy atom. The van der Waals surface area contributed by atoms with Gasteiger partial charge in [-0.1, -0.05) is 28.1 Å². The summed E-state index contributed by atoms with van der Waals surface area (Å²) >= 11 is 3.39. The molecule has 0 fully saturated rings. The average molecular weight is 339 g/mol. The maximum Gasteiger partial charge on any atom is 0.195 e. The van der Waals surface area contributed by atoms with Gasteiger partial charge in [0.2, 0.25) is 0 Å². The first-order valence-corrected chi connectivity index (χ1v) is 7.22. The second-order valence-electron chi connectivity index (χ2n) is 4.83. The third-order valence-corrected chi connectivity index (χ3v) is 4.01. The minimum atomic E-state index is -0.0808. The van der Waals surface area contributed by atoms with Crippen LogP contribution in [0.4, 0.5) is 0 Å². The van der Waals surface area contributed by atoms with Gasteiger partial charge in [-0.2, -0.15) is 5.26 Å². The summed E-state index contributed by atoms with van der Waals surface area (Å²) in [4.78, 5) is 15.9. The molecule has 1 aromatic heterocycles. The molecule has 3 nitrogen and oxygen atoms in total. The zero-order chi connectivity index (χ0) is 15.0. The monoisotopic (exact) mass is 338 g/mol. The Morgan fingerprint density at radius 1 is 1.24 bits per heavy atom. The van der Waals surface area contributed by atoms with E-state index < -0.39 is 0 Å². The molecule has 1 N–H and O–H groups in total. The van der Waals surface area contributed by atoms with Crippen molar-refractivity contribution >= 4 is 32.6 Å². The largest absolute Gasteiger partial charge is 0.360 e. The molecule has 0 aliphatic rings. The standard InChI is InChI=1S/C17H11BrN2O/c1-10-5-6-12(18)7-13(10)17(21)14-9-20-15-4-2-3-11(8-19)16(14)15/h2-7,9,20H,1H3. The van der Waals surface area contributed by atoms with Gasteiger partial charge in [-0.15, -0.1) is 0 Å². The van der Waals surface area contributed by atoms with Crippen molar-refractivity contribution in [3.05, 3.63) is 69.3 Å². The number of carbonyl (C=O) groups is 1. The lowest BCUT2D eigenvalue weighted by Gasteiger charge is -2.05. The van der Waals surface area contributed by atoms with E-state index in [9.17, 15) is 10.1 Å². The fourth-order valence-corrected chi connectivity index (χ4v) is 2.80. The van der Waals surface area contributed by atoms with Crippen molar-refractivity contribution < 1.29 is 4.79 Å². The molecule has 0 unspecified atom stereocenters. The molecule has 4 heteroatoms. The Kier molecular flexibility index (Phi) is 3.36. The number of hydrogen-bond acceptors (Lipinski definition) is 2. The van der Waals surface area contributed by atoms with Crippen LogP contribution < -0.4 is 0 Å². The lowest BCUT2D eigenvalue weighted by atomic mass is 9.97. The number of benzene rings is 2. The zero-order valence-corrected chi connectivity index (χ0v) is 12.9. The summed E-state index contributed by atoms with van der Waals surface area (Å²) in [5.74, 6) is -0.0808. The fourth-order valence-electron chi connectivity index (χ4n) is 2.44. The first-order valence-electron chi connectivity index (χ1n) is 6.43. The second kappa shape index (κ2) is 5.19. The molecule has 21 heavy (non-hydrogen) atoms. The summed E-state index contributed by atoms with van der Waals surface area (Å²) < 4.78 is 0.858. The van der Waals surface area contributed by atoms with E-state index in [1.807, 2.05) is 31.2 Å². The molecule has 0 radical (unpaired) electrons. The molecule has 0 amide bonds. The van der Waals surface area contributed by atoms with Crippen molar-refractivity contribution in [1.82, 2.24) is 4.98 Å². The molecule has 0 saturated carbocycles. The number of H-pyrrole nitrogens is 1. The van der Waals surface area contributed by atoms with Crippen molar-refractivity contribution in [2.45, 2.75) is 6.92 Å². The summed E-state index contributed by atoms with van der Waals surface area (Å²) in [5.41, 5.74) is 3.38. The fraction of sp³-hybridized carbons (Fsp3) is 0.0588. The van der Waals surface area contributed by atoms with Gasteiger partial charge in [-0.25, -0.2) is 0 Å². The second-order valence-corrected chi connectivity index (χ2v) is 5.75. The molecule has 3 aromatic rings. The van der Waals surface area contributed by atoms with Gasteiger partial charge in [0.05, 0.1) is 11.6 Å². The molecule has 0 aliphatic heterocycles. The van der Waals surface area contributed by atoms with Crippen LogP contribution in [0.25, 0.3) is 10.9 Å². The van der Waals surface area contributed by atoms with Crippen LogP contribution in [0.15, 0.2) is 47.1 Å². The number of aryl methyl sites for hydroxylation is 1. The van der Waals surface area contributed by atoms with Crippen molar-refractivity contribution in [2.24, 2.45) is 0 Å². The first-order chi connectivity index (χ1) is 10.1. The molecule has 0 saturated heterocycles. The maximum absolute atomic E-state index is 12.8. The smallest absolute Gasteiger partial charge is 0.195 e. The van der Waals surface area contributed by atoms with Crippen molar-refractivity contribution in [1.29, 1.82) is 5.26 Å². The molecule has 0 bridgehead atoms. The van der Waals surface area contributed by atoms with Crippen LogP contribution >= 0.6 is 15.9 Å². The van der Waals surface area contributed by atoms with E-state index >= 15 is 0 Å². The highest BCUT2D eigenvalue weighted by Crippen LogP contribution is 2.26. The van der Waals surface area contributed by atoms with E-state index in [2.05, 4.69) is 27.0 Å². The van der Waals surface area contributed by atoms with E-state index in [0.29, 0.717) is 22.1 Å². The summed E-state index contributed by atoms with van der Waals surface area (Å²) in [6.07, 6.45) is 1.67. The van der Waals surface area contributed by atoms with Crippen molar-refractivity contribution in [3.8, 4) is 6.07 Å². The molecule has 0 aliphatic carbocycles. The normalized spacial score (nSPS) is 10.5. The Hall–Kier alpha value is -2.38. The molecular weight excluding hydrogens is 328 g/mol. The number of halogens is 1. The molecule has 2 aromatic carbocycles. The number of nitrogens with one attached hydrogen (secondary N) is 1. The van der Waals surface area contributed by atoms with Crippen LogP contribution in [0.3, 0.4) is 0 Å². The number of rotatable bonds is 2. The number of aromatic nitrogens is 1. The molecule has 0 spiro atoms. The van der Waals surface area contributed by atoms with Crippen LogP contribution in [0.1, 0.15) is 27.0 Å². The summed E-state index contributed by atoms with van der Waals surface area (Å²) in [6.45, 7) is 1.90. The van der Waals surface area contributed by atoms with Crippen LogP contribution in [0, 0.1) is 18.3 Å². The minimum Gasteiger partial charge on any atom is -0.360 e. The van der Waals surface area contributed by atoms with Gasteiger partial charge in [-0.3, -0.25) is 4.79 Å². The SMILES string of the molecule is Cc1ccc(Br)cc1C(=O)c1c[nH]c2cccc(C#N)c12. The highest BCUT2D eigenvalue weighted by molar-refractivity contribution is 9.10. The van der Waals surface area contributed by atoms with Crippen molar-refractivity contribution in [2.75, 3.05) is 0 Å². The van der Waals surface area contributed by atoms with E-state index in [0.717, 1.165) is 15.6 Å². The number of carbonyl (C=O) groups excluding carboxylic acids is 1. The molecule has 3 rings (SSSR count). The Morgan fingerprint density at radius 2 is 2.05 bits per heavy atom. The molecule has 1 heterocycles. The number of ketones is 1. The third-order valence-electron chi connectivity index (χ3n) is 3.52. The highest BCUT2D eigenvalue weighted by Gasteiger charge is 2.18. The maximum atomic E-state index is 12.8. The number of nitriles is 1. The predicted molar refractivity (Wildman–Crippen MR) is 85.3 cm³/mol. The first kappa shape index (κ1) is 13.6. The van der Waals surface area contributed by atoms with E-state index in [-0.39, 0.29) is 5.78 Å². The Bertz CT molecular complexity index is 903. The molecule has 0 atom stereocenters. The van der Waals surface area contributed by atoms with Gasteiger partial charge < -0.3 is 4.98 Å². The van der Waals surface area contributed by atoms with Gasteiger partial charge in [0.1, 0.15) is 0 Å². The van der Waals surface area contributed by atoms with Gasteiger partial charge in [0, 0.05) is 32.7 Å². The van der Waals surface area contributed by atoms with Crippen molar-refractivity contribution in [3.63, 3.8) is 0 Å². The van der Waals surface area contributed by atoms with Crippen LogP contribution in [0.2, 0.25) is 0 Å². The molecular formula is C17H11BrN2O. The zero-order valence-electron chi connectivity index (χ0n) is 11.3. The summed E-state index contributed by atoms with van der Waals surface area (Å²) in [5, 5.41) is 9.93. The third kappa shape index (κ3) is 2.26. The highest BCUT2D eigenvalue weighted by atomic mass is 79.9. The lowest BCUT2D eigenvalue weighted by Crippen LogP contribution is -2.03. The van der Waals surface area contributed by atoms with Gasteiger partial charge in [0.25, 0.3) is 0 Å². The predicted octanol–water partition coefficient (Wildman–Crippen LogP) is 4.34. The summed E-state index contributed by atoms with van der Waals surface area (Å²) in [7, 11) is 0. The van der Waals surface area contributed by atoms with Gasteiger partial charge >= 0.3 is 0 Å². The van der Waals surface area contributed by atoms with Crippen LogP contribution in [-0.2, 0) is 0 Å². The average Bonchev–Trinajstić information content (AvgIpc) is 2.93. The van der Waals surface area contributed by atoms with Gasteiger partial charge in [-0.05, 0) is 36.8 Å². The topological polar surface area (TPSA) is 56.6 Å². The van der Waals surface area contributed by atoms with Crippen LogP contribution in [-0.4, -0.2) is 10.8 Å². The Labute approximate surface area is 130 Å². The number of fused-ring (bicyclic) bond motifs is 1. The number of nitrogens with zero attached hydrogens (tertiary/aromatic N) is 1. The van der Waals surface area contributed by atoms with E-state index in [1.54, 1.807) is 18.3 Å². The quantitative estimate of drug-likeness (QED) is 0.706.